The number of benzene rings is 1. The van der Waals surface area contributed by atoms with E-state index >= 15 is 0 Å². The van der Waals surface area contributed by atoms with Crippen LogP contribution in [0, 0.1) is 0 Å². The quantitative estimate of drug-likeness (QED) is 0.831. The molecule has 2 aliphatic rings. The lowest BCUT2D eigenvalue weighted by molar-refractivity contribution is 0.0498. The first-order valence-electron chi connectivity index (χ1n) is 7.72. The molecule has 124 valence electrons. The minimum absolute atomic E-state index is 0.00234. The van der Waals surface area contributed by atoms with Gasteiger partial charge in [0.1, 0.15) is 16.2 Å². The molecule has 1 saturated heterocycles. The monoisotopic (exact) mass is 344 g/mol. The van der Waals surface area contributed by atoms with Crippen LogP contribution >= 0.6 is 0 Å². The molecule has 4 rings (SSSR count). The van der Waals surface area contributed by atoms with Crippen LogP contribution in [0.25, 0.3) is 0 Å². The number of aromatic nitrogens is 1. The van der Waals surface area contributed by atoms with Crippen molar-refractivity contribution in [2.45, 2.75) is 23.3 Å². The van der Waals surface area contributed by atoms with Crippen LogP contribution in [0.2, 0.25) is 0 Å². The number of rotatable bonds is 2. The topological polar surface area (TPSA) is 76.6 Å². The molecular formula is C17H16N2O4S. The lowest BCUT2D eigenvalue weighted by Crippen LogP contribution is -2.45. The summed E-state index contributed by atoms with van der Waals surface area (Å²) in [6.45, 7) is 0.497. The van der Waals surface area contributed by atoms with Gasteiger partial charge in [0.25, 0.3) is 0 Å². The third-order valence-corrected chi connectivity index (χ3v) is 6.38. The number of pyridine rings is 1. The summed E-state index contributed by atoms with van der Waals surface area (Å²) >= 11 is 0. The van der Waals surface area contributed by atoms with Crippen LogP contribution in [0.5, 0.6) is 5.75 Å². The molecule has 1 aromatic carbocycles. The summed E-state index contributed by atoms with van der Waals surface area (Å²) in [5.74, 6) is 0.534. The molecule has 1 spiro atoms. The number of sulfonamides is 1. The summed E-state index contributed by atoms with van der Waals surface area (Å²) < 4.78 is 32.9. The normalized spacial score (nSPS) is 23.9. The minimum Gasteiger partial charge on any atom is -0.485 e. The molecule has 0 aliphatic carbocycles. The third-order valence-electron chi connectivity index (χ3n) is 4.55. The minimum atomic E-state index is -3.63. The molecule has 1 fully saturated rings. The second-order valence-electron chi connectivity index (χ2n) is 6.16. The van der Waals surface area contributed by atoms with Crippen molar-refractivity contribution in [2.24, 2.45) is 0 Å². The first-order valence-corrected chi connectivity index (χ1v) is 9.16. The van der Waals surface area contributed by atoms with Gasteiger partial charge in [0.2, 0.25) is 10.0 Å². The summed E-state index contributed by atoms with van der Waals surface area (Å²) in [5, 5.41) is 0. The Balaban J connectivity index is 1.63. The van der Waals surface area contributed by atoms with Crippen molar-refractivity contribution >= 4 is 15.8 Å². The van der Waals surface area contributed by atoms with Gasteiger partial charge in [-0.3, -0.25) is 9.78 Å². The van der Waals surface area contributed by atoms with Gasteiger partial charge in [-0.15, -0.1) is 0 Å². The molecule has 24 heavy (non-hydrogen) atoms. The Bertz CT molecular complexity index is 898. The first-order chi connectivity index (χ1) is 11.5. The number of para-hydroxylation sites is 1. The van der Waals surface area contributed by atoms with Gasteiger partial charge in [-0.1, -0.05) is 12.1 Å². The van der Waals surface area contributed by atoms with Gasteiger partial charge in [0.05, 0.1) is 18.5 Å². The number of nitrogens with zero attached hydrogens (tertiary/aromatic N) is 2. The van der Waals surface area contributed by atoms with Gasteiger partial charge in [0.15, 0.2) is 5.78 Å². The van der Waals surface area contributed by atoms with E-state index in [0.29, 0.717) is 24.3 Å². The first kappa shape index (κ1) is 15.3. The summed E-state index contributed by atoms with van der Waals surface area (Å²) in [4.78, 5) is 16.4. The van der Waals surface area contributed by atoms with Crippen LogP contribution in [0.15, 0.2) is 53.7 Å². The number of carbonyl (C=O) groups excluding carboxylic acids is 1. The zero-order chi connectivity index (χ0) is 16.8. The molecule has 0 unspecified atom stereocenters. The molecule has 1 aromatic heterocycles. The van der Waals surface area contributed by atoms with Gasteiger partial charge in [-0.05, 0) is 24.3 Å². The van der Waals surface area contributed by atoms with Gasteiger partial charge in [-0.25, -0.2) is 8.42 Å². The number of Topliss-reactive ketones (excluding diaryl/α,β-unsaturated/α-hetero) is 1. The highest BCUT2D eigenvalue weighted by molar-refractivity contribution is 7.89. The Hall–Kier alpha value is -2.25. The molecule has 6 nitrogen and oxygen atoms in total. The fourth-order valence-electron chi connectivity index (χ4n) is 3.33. The largest absolute Gasteiger partial charge is 0.485 e. The average Bonchev–Trinajstić information content (AvgIpc) is 2.99. The fourth-order valence-corrected chi connectivity index (χ4v) is 4.81. The predicted octanol–water partition coefficient (Wildman–Crippen LogP) is 1.88. The van der Waals surface area contributed by atoms with Crippen molar-refractivity contribution in [1.29, 1.82) is 0 Å². The molecule has 2 aliphatic heterocycles. The van der Waals surface area contributed by atoms with E-state index in [2.05, 4.69) is 4.98 Å². The fraction of sp³-hybridized carbons (Fsp3) is 0.294. The smallest absolute Gasteiger partial charge is 0.244 e. The average molecular weight is 344 g/mol. The second-order valence-corrected chi connectivity index (χ2v) is 8.10. The Morgan fingerprint density at radius 3 is 2.79 bits per heavy atom. The summed E-state index contributed by atoms with van der Waals surface area (Å²) in [7, 11) is -3.63. The van der Waals surface area contributed by atoms with Crippen molar-refractivity contribution in [2.75, 3.05) is 13.1 Å². The standard InChI is InChI=1S/C17H16N2O4S/c20-15-10-17(23-16-6-2-1-5-14(15)16)7-9-19(12-17)24(21,22)13-4-3-8-18-11-13/h1-6,8,11H,7,9-10,12H2/t17-/m1/s1. The van der Waals surface area contributed by atoms with Crippen molar-refractivity contribution in [3.63, 3.8) is 0 Å². The number of ketones is 1. The number of ether oxygens (including phenoxy) is 1. The molecule has 0 saturated carbocycles. The van der Waals surface area contributed by atoms with Crippen molar-refractivity contribution in [3.8, 4) is 5.75 Å². The van der Waals surface area contributed by atoms with E-state index < -0.39 is 15.6 Å². The van der Waals surface area contributed by atoms with Crippen molar-refractivity contribution in [3.05, 3.63) is 54.4 Å². The van der Waals surface area contributed by atoms with Gasteiger partial charge in [-0.2, -0.15) is 4.31 Å². The molecule has 7 heteroatoms. The maximum Gasteiger partial charge on any atom is 0.244 e. The van der Waals surface area contributed by atoms with E-state index in [1.165, 1.54) is 22.8 Å². The van der Waals surface area contributed by atoms with Crippen LogP contribution in [0.1, 0.15) is 23.2 Å². The van der Waals surface area contributed by atoms with Crippen molar-refractivity contribution in [1.82, 2.24) is 9.29 Å². The lowest BCUT2D eigenvalue weighted by Gasteiger charge is -2.34. The molecule has 0 N–H and O–H groups in total. The van der Waals surface area contributed by atoms with E-state index in [0.717, 1.165) is 0 Å². The molecule has 0 bridgehead atoms. The number of carbonyl (C=O) groups is 1. The molecular weight excluding hydrogens is 328 g/mol. The Morgan fingerprint density at radius 2 is 2.00 bits per heavy atom. The highest BCUT2D eigenvalue weighted by Gasteiger charge is 2.48. The number of hydrogen-bond acceptors (Lipinski definition) is 5. The molecule has 0 radical (unpaired) electrons. The Kier molecular flexibility index (Phi) is 3.43. The van der Waals surface area contributed by atoms with E-state index in [4.69, 9.17) is 4.74 Å². The number of fused-ring (bicyclic) bond motifs is 1. The maximum absolute atomic E-state index is 12.7. The molecule has 2 aromatic rings. The maximum atomic E-state index is 12.7. The highest BCUT2D eigenvalue weighted by atomic mass is 32.2. The van der Waals surface area contributed by atoms with Crippen LogP contribution in [-0.4, -0.2) is 42.2 Å². The third kappa shape index (κ3) is 2.40. The van der Waals surface area contributed by atoms with Crippen LogP contribution in [0.4, 0.5) is 0 Å². The SMILES string of the molecule is O=C1C[C@@]2(CCN(S(=O)(=O)c3cccnc3)C2)Oc2ccccc21. The van der Waals surface area contributed by atoms with Crippen LogP contribution in [-0.2, 0) is 10.0 Å². The Labute approximate surface area is 140 Å². The number of hydrogen-bond donors (Lipinski definition) is 0. The predicted molar refractivity (Wildman–Crippen MR) is 86.4 cm³/mol. The van der Waals surface area contributed by atoms with Gasteiger partial charge >= 0.3 is 0 Å². The van der Waals surface area contributed by atoms with E-state index in [1.807, 2.05) is 6.07 Å². The van der Waals surface area contributed by atoms with Gasteiger partial charge < -0.3 is 4.74 Å². The molecule has 1 atom stereocenters. The van der Waals surface area contributed by atoms with E-state index in [9.17, 15) is 13.2 Å². The van der Waals surface area contributed by atoms with E-state index in [1.54, 1.807) is 24.3 Å². The van der Waals surface area contributed by atoms with Crippen LogP contribution < -0.4 is 4.74 Å². The summed E-state index contributed by atoms with van der Waals surface area (Å²) in [6.07, 6.45) is 3.56. The van der Waals surface area contributed by atoms with Crippen molar-refractivity contribution < 1.29 is 17.9 Å². The van der Waals surface area contributed by atoms with Gasteiger partial charge in [0, 0.05) is 25.4 Å². The second kappa shape index (κ2) is 5.39. The zero-order valence-electron chi connectivity index (χ0n) is 12.9. The zero-order valence-corrected chi connectivity index (χ0v) is 13.7. The molecule has 3 heterocycles. The van der Waals surface area contributed by atoms with Crippen LogP contribution in [0.3, 0.4) is 0 Å². The molecule has 0 amide bonds. The summed E-state index contributed by atoms with van der Waals surface area (Å²) in [6, 6.07) is 10.2. The summed E-state index contributed by atoms with van der Waals surface area (Å²) in [5.41, 5.74) is -0.211. The van der Waals surface area contributed by atoms with E-state index in [-0.39, 0.29) is 23.6 Å². The lowest BCUT2D eigenvalue weighted by atomic mass is 9.89. The Morgan fingerprint density at radius 1 is 1.17 bits per heavy atom. The highest BCUT2D eigenvalue weighted by Crippen LogP contribution is 2.39.